The van der Waals surface area contributed by atoms with Crippen LogP contribution in [0.2, 0.25) is 0 Å². The highest BCUT2D eigenvalue weighted by Gasteiger charge is 1.94. The summed E-state index contributed by atoms with van der Waals surface area (Å²) in [4.78, 5) is 7.55. The molecule has 1 rings (SSSR count). The molecule has 100 valence electrons. The number of halogens is 2. The zero-order valence-electron chi connectivity index (χ0n) is 9.84. The predicted octanol–water partition coefficient (Wildman–Crippen LogP) is 0.768. The number of guanidine groups is 2. The molecule has 0 spiro atoms. The monoisotopic (exact) mass is 273 g/mol. The van der Waals surface area contributed by atoms with Crippen molar-refractivity contribution >= 4 is 24.3 Å². The fourth-order valence-corrected chi connectivity index (χ4v) is 1.30. The summed E-state index contributed by atoms with van der Waals surface area (Å²) in [5.41, 5.74) is 16.8. The SMILES string of the molecule is Cl.NC(N)=NC(N)=NCCCc1ccc(F)cc1. The molecular weight excluding hydrogens is 257 g/mol. The number of benzene rings is 1. The number of hydrogen-bond donors (Lipinski definition) is 3. The molecule has 0 atom stereocenters. The lowest BCUT2D eigenvalue weighted by molar-refractivity contribution is 0.626. The van der Waals surface area contributed by atoms with Crippen LogP contribution < -0.4 is 17.2 Å². The average Bonchev–Trinajstić information content (AvgIpc) is 2.26. The molecule has 0 heterocycles. The Morgan fingerprint density at radius 3 is 2.28 bits per heavy atom. The van der Waals surface area contributed by atoms with Crippen molar-refractivity contribution in [2.45, 2.75) is 12.8 Å². The molecule has 0 amide bonds. The van der Waals surface area contributed by atoms with Gasteiger partial charge in [0.15, 0.2) is 5.96 Å². The van der Waals surface area contributed by atoms with Crippen LogP contribution in [0.5, 0.6) is 0 Å². The van der Waals surface area contributed by atoms with E-state index in [1.54, 1.807) is 12.1 Å². The minimum atomic E-state index is -0.233. The van der Waals surface area contributed by atoms with E-state index < -0.39 is 0 Å². The lowest BCUT2D eigenvalue weighted by Gasteiger charge is -1.99. The first-order valence-electron chi connectivity index (χ1n) is 5.22. The van der Waals surface area contributed by atoms with Crippen molar-refractivity contribution in [2.75, 3.05) is 6.54 Å². The minimum Gasteiger partial charge on any atom is -0.370 e. The average molecular weight is 274 g/mol. The van der Waals surface area contributed by atoms with E-state index in [2.05, 4.69) is 9.98 Å². The number of aliphatic imine (C=N–C) groups is 2. The summed E-state index contributed by atoms with van der Waals surface area (Å²) in [6, 6.07) is 6.37. The summed E-state index contributed by atoms with van der Waals surface area (Å²) in [6.07, 6.45) is 1.60. The standard InChI is InChI=1S/C11H16FN5.ClH/c12-9-5-3-8(4-6-9)2-1-7-16-11(15)17-10(13)14;/h3-6H,1-2,7H2,(H6,13,14,15,16,17);1H. The highest BCUT2D eigenvalue weighted by atomic mass is 35.5. The normalized spacial score (nSPS) is 10.6. The fraction of sp³-hybridized carbons (Fsp3) is 0.273. The summed E-state index contributed by atoms with van der Waals surface area (Å²) in [7, 11) is 0. The van der Waals surface area contributed by atoms with E-state index in [-0.39, 0.29) is 30.1 Å². The van der Waals surface area contributed by atoms with Gasteiger partial charge >= 0.3 is 0 Å². The van der Waals surface area contributed by atoms with Crippen LogP contribution in [0, 0.1) is 5.82 Å². The Balaban J connectivity index is 0.00000289. The van der Waals surface area contributed by atoms with Crippen LogP contribution in [0.1, 0.15) is 12.0 Å². The maximum absolute atomic E-state index is 12.6. The van der Waals surface area contributed by atoms with Crippen molar-refractivity contribution in [3.8, 4) is 0 Å². The Morgan fingerprint density at radius 1 is 1.11 bits per heavy atom. The van der Waals surface area contributed by atoms with E-state index in [1.807, 2.05) is 0 Å². The summed E-state index contributed by atoms with van der Waals surface area (Å²) < 4.78 is 12.6. The van der Waals surface area contributed by atoms with Crippen molar-refractivity contribution in [3.63, 3.8) is 0 Å². The number of rotatable bonds is 4. The number of aryl methyl sites for hydroxylation is 1. The minimum absolute atomic E-state index is 0. The zero-order valence-corrected chi connectivity index (χ0v) is 10.7. The number of nitrogens with two attached hydrogens (primary N) is 3. The number of nitrogens with zero attached hydrogens (tertiary/aromatic N) is 2. The zero-order chi connectivity index (χ0) is 12.7. The van der Waals surface area contributed by atoms with E-state index in [0.29, 0.717) is 6.54 Å². The van der Waals surface area contributed by atoms with Gasteiger partial charge in [-0.1, -0.05) is 12.1 Å². The molecule has 0 saturated heterocycles. The number of hydrogen-bond acceptors (Lipinski definition) is 1. The molecule has 6 N–H and O–H groups in total. The quantitative estimate of drug-likeness (QED) is 0.429. The van der Waals surface area contributed by atoms with Gasteiger partial charge in [-0.15, -0.1) is 12.4 Å². The Kier molecular flexibility index (Phi) is 7.46. The van der Waals surface area contributed by atoms with Gasteiger partial charge in [0.25, 0.3) is 0 Å². The lowest BCUT2D eigenvalue weighted by atomic mass is 10.1. The van der Waals surface area contributed by atoms with E-state index in [4.69, 9.17) is 17.2 Å². The summed E-state index contributed by atoms with van der Waals surface area (Å²) in [5.74, 6) is -0.266. The first-order chi connectivity index (χ1) is 8.08. The van der Waals surface area contributed by atoms with Crippen molar-refractivity contribution in [1.82, 2.24) is 0 Å². The maximum Gasteiger partial charge on any atom is 0.218 e. The third-order valence-electron chi connectivity index (χ3n) is 2.05. The van der Waals surface area contributed by atoms with Crippen LogP contribution in [0.25, 0.3) is 0 Å². The summed E-state index contributed by atoms with van der Waals surface area (Å²) in [6.45, 7) is 0.528. The Labute approximate surface area is 111 Å². The van der Waals surface area contributed by atoms with Crippen molar-refractivity contribution in [2.24, 2.45) is 27.2 Å². The third kappa shape index (κ3) is 6.70. The topological polar surface area (TPSA) is 103 Å². The maximum atomic E-state index is 12.6. The van der Waals surface area contributed by atoms with E-state index in [1.165, 1.54) is 12.1 Å². The molecule has 5 nitrogen and oxygen atoms in total. The Hall–Kier alpha value is -1.82. The van der Waals surface area contributed by atoms with Crippen LogP contribution in [0.4, 0.5) is 4.39 Å². The van der Waals surface area contributed by atoms with Gasteiger partial charge in [-0.25, -0.2) is 4.39 Å². The Morgan fingerprint density at radius 2 is 1.72 bits per heavy atom. The molecule has 7 heteroatoms. The molecule has 0 bridgehead atoms. The smallest absolute Gasteiger partial charge is 0.218 e. The second-order valence-electron chi connectivity index (χ2n) is 3.51. The fourth-order valence-electron chi connectivity index (χ4n) is 1.30. The summed E-state index contributed by atoms with van der Waals surface area (Å²) in [5, 5.41) is 0. The highest BCUT2D eigenvalue weighted by molar-refractivity contribution is 5.92. The van der Waals surface area contributed by atoms with Gasteiger partial charge in [0.2, 0.25) is 5.96 Å². The van der Waals surface area contributed by atoms with Gasteiger partial charge in [0.05, 0.1) is 0 Å². The van der Waals surface area contributed by atoms with Gasteiger partial charge in [0, 0.05) is 6.54 Å². The molecule has 0 radical (unpaired) electrons. The largest absolute Gasteiger partial charge is 0.370 e. The predicted molar refractivity (Wildman–Crippen MR) is 74.3 cm³/mol. The van der Waals surface area contributed by atoms with Gasteiger partial charge in [-0.3, -0.25) is 4.99 Å². The highest BCUT2D eigenvalue weighted by Crippen LogP contribution is 2.05. The second-order valence-corrected chi connectivity index (χ2v) is 3.51. The first kappa shape index (κ1) is 16.2. The molecule has 1 aromatic rings. The lowest BCUT2D eigenvalue weighted by Crippen LogP contribution is -2.26. The van der Waals surface area contributed by atoms with Crippen molar-refractivity contribution in [3.05, 3.63) is 35.6 Å². The van der Waals surface area contributed by atoms with Gasteiger partial charge in [-0.05, 0) is 30.5 Å². The second kappa shape index (κ2) is 8.30. The molecule has 0 saturated carbocycles. The van der Waals surface area contributed by atoms with E-state index >= 15 is 0 Å². The molecule has 1 aromatic carbocycles. The third-order valence-corrected chi connectivity index (χ3v) is 2.05. The molecule has 0 aromatic heterocycles. The van der Waals surface area contributed by atoms with Crippen molar-refractivity contribution in [1.29, 1.82) is 0 Å². The molecular formula is C11H17ClFN5. The van der Waals surface area contributed by atoms with Gasteiger partial charge < -0.3 is 17.2 Å². The molecule has 0 aliphatic carbocycles. The van der Waals surface area contributed by atoms with Crippen LogP contribution in [-0.4, -0.2) is 18.5 Å². The van der Waals surface area contributed by atoms with Gasteiger partial charge in [0.1, 0.15) is 5.82 Å². The van der Waals surface area contributed by atoms with Crippen LogP contribution in [0.15, 0.2) is 34.3 Å². The summed E-state index contributed by atoms with van der Waals surface area (Å²) >= 11 is 0. The van der Waals surface area contributed by atoms with Crippen LogP contribution in [0.3, 0.4) is 0 Å². The van der Waals surface area contributed by atoms with Crippen LogP contribution >= 0.6 is 12.4 Å². The van der Waals surface area contributed by atoms with E-state index in [0.717, 1.165) is 18.4 Å². The Bertz CT molecular complexity index is 412. The first-order valence-corrected chi connectivity index (χ1v) is 5.22. The molecule has 0 aliphatic heterocycles. The molecule has 0 unspecified atom stereocenters. The van der Waals surface area contributed by atoms with Gasteiger partial charge in [-0.2, -0.15) is 4.99 Å². The van der Waals surface area contributed by atoms with Crippen LogP contribution in [-0.2, 0) is 6.42 Å². The molecule has 0 fully saturated rings. The molecule has 18 heavy (non-hydrogen) atoms. The molecule has 0 aliphatic rings. The van der Waals surface area contributed by atoms with Crippen molar-refractivity contribution < 1.29 is 4.39 Å². The van der Waals surface area contributed by atoms with E-state index in [9.17, 15) is 4.39 Å².